The minimum absolute atomic E-state index is 0.0362. The number of halogens is 4. The Morgan fingerprint density at radius 3 is 2.38 bits per heavy atom. The molecule has 0 fully saturated rings. The summed E-state index contributed by atoms with van der Waals surface area (Å²) in [6.45, 7) is 1.31. The van der Waals surface area contributed by atoms with Crippen LogP contribution < -0.4 is 9.47 Å². The van der Waals surface area contributed by atoms with Gasteiger partial charge in [0.15, 0.2) is 11.5 Å². The molecule has 0 aliphatic heterocycles. The van der Waals surface area contributed by atoms with Crippen molar-refractivity contribution in [2.45, 2.75) is 33.0 Å². The van der Waals surface area contributed by atoms with E-state index in [1.54, 1.807) is 33.0 Å². The Bertz CT molecular complexity index is 739. The molecule has 0 bridgehead atoms. The molecule has 0 saturated carbocycles. The predicted molar refractivity (Wildman–Crippen MR) is 90.5 cm³/mol. The van der Waals surface area contributed by atoms with Gasteiger partial charge in [-0.15, -0.1) is 0 Å². The molecule has 142 valence electrons. The zero-order valence-corrected chi connectivity index (χ0v) is 14.8. The van der Waals surface area contributed by atoms with Crippen LogP contribution in [0.3, 0.4) is 0 Å². The topological polar surface area (TPSA) is 21.7 Å². The van der Waals surface area contributed by atoms with Crippen LogP contribution in [0.5, 0.6) is 11.5 Å². The summed E-state index contributed by atoms with van der Waals surface area (Å²) in [4.78, 5) is 1.86. The smallest absolute Gasteiger partial charge is 0.387 e. The summed E-state index contributed by atoms with van der Waals surface area (Å²) in [5, 5.41) is 0. The molecule has 0 aromatic heterocycles. The van der Waals surface area contributed by atoms with Crippen molar-refractivity contribution in [2.24, 2.45) is 0 Å². The first-order chi connectivity index (χ1) is 12.3. The zero-order chi connectivity index (χ0) is 19.3. The molecule has 2 rings (SSSR count). The van der Waals surface area contributed by atoms with Gasteiger partial charge in [-0.25, -0.2) is 8.78 Å². The molecule has 2 aromatic carbocycles. The van der Waals surface area contributed by atoms with Crippen LogP contribution in [0.1, 0.15) is 31.0 Å². The van der Waals surface area contributed by atoms with Crippen molar-refractivity contribution in [3.8, 4) is 11.5 Å². The molecule has 1 unspecified atom stereocenters. The van der Waals surface area contributed by atoms with E-state index in [2.05, 4.69) is 4.74 Å². The van der Waals surface area contributed by atoms with Crippen molar-refractivity contribution in [1.29, 1.82) is 0 Å². The lowest BCUT2D eigenvalue weighted by Crippen LogP contribution is -2.23. The number of hydrogen-bond donors (Lipinski definition) is 0. The standard InChI is InChI=1S/C19H21F4NO2/c1-4-25-18-9-13(5-8-17(18)26-19(22)23)11-24(3)12(2)15-7-6-14(20)10-16(15)21/h5-10,12,19H,4,11H2,1-3H3. The van der Waals surface area contributed by atoms with Crippen LogP contribution in [-0.4, -0.2) is 25.2 Å². The van der Waals surface area contributed by atoms with E-state index >= 15 is 0 Å². The lowest BCUT2D eigenvalue weighted by Gasteiger charge is -2.26. The van der Waals surface area contributed by atoms with E-state index in [0.717, 1.165) is 11.6 Å². The van der Waals surface area contributed by atoms with Gasteiger partial charge in [0.1, 0.15) is 11.6 Å². The molecule has 2 aromatic rings. The number of ether oxygens (including phenoxy) is 2. The van der Waals surface area contributed by atoms with Crippen molar-refractivity contribution in [3.05, 3.63) is 59.2 Å². The second-order valence-electron chi connectivity index (χ2n) is 5.85. The fraction of sp³-hybridized carbons (Fsp3) is 0.368. The summed E-state index contributed by atoms with van der Waals surface area (Å²) >= 11 is 0. The Kier molecular flexibility index (Phi) is 6.85. The van der Waals surface area contributed by atoms with Gasteiger partial charge in [0, 0.05) is 24.2 Å². The zero-order valence-electron chi connectivity index (χ0n) is 14.8. The highest BCUT2D eigenvalue weighted by atomic mass is 19.3. The van der Waals surface area contributed by atoms with Gasteiger partial charge < -0.3 is 9.47 Å². The highest BCUT2D eigenvalue weighted by Crippen LogP contribution is 2.31. The molecule has 0 spiro atoms. The maximum absolute atomic E-state index is 14.0. The molecule has 7 heteroatoms. The highest BCUT2D eigenvalue weighted by molar-refractivity contribution is 5.43. The van der Waals surface area contributed by atoms with Gasteiger partial charge in [-0.05, 0) is 44.7 Å². The summed E-state index contributed by atoms with van der Waals surface area (Å²) in [5.41, 5.74) is 1.16. The average molecular weight is 371 g/mol. The fourth-order valence-corrected chi connectivity index (χ4v) is 2.62. The minimum Gasteiger partial charge on any atom is -0.490 e. The van der Waals surface area contributed by atoms with Crippen molar-refractivity contribution in [1.82, 2.24) is 4.90 Å². The monoisotopic (exact) mass is 371 g/mol. The van der Waals surface area contributed by atoms with Crippen LogP contribution in [0.25, 0.3) is 0 Å². The molecule has 0 radical (unpaired) electrons. The quantitative estimate of drug-likeness (QED) is 0.599. The van der Waals surface area contributed by atoms with Crippen LogP contribution in [0.15, 0.2) is 36.4 Å². The Hall–Kier alpha value is -2.28. The summed E-state index contributed by atoms with van der Waals surface area (Å²) in [6, 6.07) is 7.84. The first-order valence-corrected chi connectivity index (χ1v) is 8.17. The first kappa shape index (κ1) is 20.0. The van der Waals surface area contributed by atoms with Gasteiger partial charge >= 0.3 is 6.61 Å². The van der Waals surface area contributed by atoms with Crippen LogP contribution in [0.2, 0.25) is 0 Å². The third kappa shape index (κ3) is 5.11. The van der Waals surface area contributed by atoms with E-state index in [1.807, 2.05) is 4.90 Å². The Morgan fingerprint density at radius 2 is 1.77 bits per heavy atom. The van der Waals surface area contributed by atoms with Gasteiger partial charge in [-0.2, -0.15) is 8.78 Å². The third-order valence-corrected chi connectivity index (χ3v) is 4.03. The van der Waals surface area contributed by atoms with Gasteiger partial charge in [0.25, 0.3) is 0 Å². The van der Waals surface area contributed by atoms with Crippen LogP contribution in [0, 0.1) is 11.6 Å². The van der Waals surface area contributed by atoms with E-state index in [9.17, 15) is 17.6 Å². The van der Waals surface area contributed by atoms with E-state index in [4.69, 9.17) is 4.74 Å². The predicted octanol–water partition coefficient (Wildman–Crippen LogP) is 5.16. The van der Waals surface area contributed by atoms with Crippen LogP contribution >= 0.6 is 0 Å². The normalized spacial score (nSPS) is 12.5. The highest BCUT2D eigenvalue weighted by Gasteiger charge is 2.18. The Balaban J connectivity index is 2.17. The summed E-state index contributed by atoms with van der Waals surface area (Å²) in [5.74, 6) is -1.05. The number of alkyl halides is 2. The van der Waals surface area contributed by atoms with Crippen molar-refractivity contribution in [2.75, 3.05) is 13.7 Å². The van der Waals surface area contributed by atoms with Gasteiger partial charge in [0.05, 0.1) is 6.61 Å². The molecular formula is C19H21F4NO2. The summed E-state index contributed by atoms with van der Waals surface area (Å²) < 4.78 is 61.8. The Morgan fingerprint density at radius 1 is 1.04 bits per heavy atom. The summed E-state index contributed by atoms with van der Waals surface area (Å²) in [7, 11) is 1.79. The molecule has 0 amide bonds. The van der Waals surface area contributed by atoms with Gasteiger partial charge in [-0.1, -0.05) is 12.1 Å². The number of benzene rings is 2. The molecule has 0 aliphatic carbocycles. The molecule has 0 heterocycles. The molecule has 3 nitrogen and oxygen atoms in total. The molecule has 1 atom stereocenters. The van der Waals surface area contributed by atoms with Crippen molar-refractivity contribution >= 4 is 0 Å². The minimum atomic E-state index is -2.94. The second-order valence-corrected chi connectivity index (χ2v) is 5.85. The van der Waals surface area contributed by atoms with Gasteiger partial charge in [0.2, 0.25) is 0 Å². The molecule has 0 aliphatic rings. The SMILES string of the molecule is CCOc1cc(CN(C)C(C)c2ccc(F)cc2F)ccc1OC(F)F. The maximum atomic E-state index is 14.0. The van der Waals surface area contributed by atoms with Gasteiger partial charge in [-0.3, -0.25) is 4.90 Å². The summed E-state index contributed by atoms with van der Waals surface area (Å²) in [6.07, 6.45) is 0. The number of nitrogens with zero attached hydrogens (tertiary/aromatic N) is 1. The van der Waals surface area contributed by atoms with Crippen LogP contribution in [0.4, 0.5) is 17.6 Å². The molecule has 26 heavy (non-hydrogen) atoms. The molecular weight excluding hydrogens is 350 g/mol. The number of rotatable bonds is 8. The fourth-order valence-electron chi connectivity index (χ4n) is 2.62. The first-order valence-electron chi connectivity index (χ1n) is 8.17. The largest absolute Gasteiger partial charge is 0.490 e. The third-order valence-electron chi connectivity index (χ3n) is 4.03. The lowest BCUT2D eigenvalue weighted by molar-refractivity contribution is -0.0514. The Labute approximate surface area is 150 Å². The lowest BCUT2D eigenvalue weighted by atomic mass is 10.1. The molecule has 0 saturated heterocycles. The van der Waals surface area contributed by atoms with Crippen molar-refractivity contribution in [3.63, 3.8) is 0 Å². The van der Waals surface area contributed by atoms with E-state index in [0.29, 0.717) is 18.7 Å². The van der Waals surface area contributed by atoms with E-state index < -0.39 is 18.2 Å². The molecule has 0 N–H and O–H groups in total. The second kappa shape index (κ2) is 8.89. The van der Waals surface area contributed by atoms with Crippen LogP contribution in [-0.2, 0) is 6.54 Å². The van der Waals surface area contributed by atoms with E-state index in [1.165, 1.54) is 18.2 Å². The number of hydrogen-bond acceptors (Lipinski definition) is 3. The van der Waals surface area contributed by atoms with Crippen molar-refractivity contribution < 1.29 is 27.0 Å². The average Bonchev–Trinajstić information content (AvgIpc) is 2.56. The maximum Gasteiger partial charge on any atom is 0.387 e. The van der Waals surface area contributed by atoms with E-state index in [-0.39, 0.29) is 17.5 Å².